The molecule has 0 heterocycles. The molecule has 7 nitrogen and oxygen atoms in total. The summed E-state index contributed by atoms with van der Waals surface area (Å²) in [5.74, 6) is 0.536. The number of nitrogens with zero attached hydrogens (tertiary/aromatic N) is 1. The molecular weight excluding hydrogens is 370 g/mol. The van der Waals surface area contributed by atoms with Gasteiger partial charge in [0, 0.05) is 17.7 Å². The number of hydrogen-bond acceptors (Lipinski definition) is 6. The molecule has 0 spiro atoms. The molecule has 2 aromatic carbocycles. The van der Waals surface area contributed by atoms with E-state index in [9.17, 15) is 9.90 Å². The van der Waals surface area contributed by atoms with E-state index in [1.807, 2.05) is 12.1 Å². The maximum Gasteiger partial charge on any atom is 0.271 e. The highest BCUT2D eigenvalue weighted by Crippen LogP contribution is 2.33. The molecule has 0 saturated carbocycles. The Balaban J connectivity index is 2.21. The van der Waals surface area contributed by atoms with Crippen LogP contribution in [-0.4, -0.2) is 38.0 Å². The van der Waals surface area contributed by atoms with Gasteiger partial charge in [0.2, 0.25) is 0 Å². The normalized spacial score (nSPS) is 11.1. The second-order valence-electron chi connectivity index (χ2n) is 5.35. The van der Waals surface area contributed by atoms with Gasteiger partial charge in [-0.2, -0.15) is 5.10 Å². The van der Waals surface area contributed by atoms with Crippen molar-refractivity contribution in [2.75, 3.05) is 20.8 Å². The van der Waals surface area contributed by atoms with Crippen molar-refractivity contribution in [3.05, 3.63) is 58.1 Å². The quantitative estimate of drug-likeness (QED) is 0.498. The van der Waals surface area contributed by atoms with Crippen molar-refractivity contribution in [3.63, 3.8) is 0 Å². The number of hydrazone groups is 1. The Morgan fingerprint density at radius 3 is 2.70 bits per heavy atom. The van der Waals surface area contributed by atoms with Crippen molar-refractivity contribution in [1.29, 1.82) is 0 Å². The van der Waals surface area contributed by atoms with Gasteiger partial charge in [-0.3, -0.25) is 4.79 Å². The van der Waals surface area contributed by atoms with Crippen LogP contribution in [0.3, 0.4) is 0 Å². The number of amides is 1. The number of rotatable bonds is 7. The van der Waals surface area contributed by atoms with Crippen LogP contribution in [0.1, 0.15) is 21.5 Å². The predicted molar refractivity (Wildman–Crippen MR) is 106 cm³/mol. The second-order valence-corrected chi connectivity index (χ2v) is 5.76. The molecule has 8 heteroatoms. The molecule has 142 valence electrons. The van der Waals surface area contributed by atoms with Crippen molar-refractivity contribution >= 4 is 29.8 Å². The predicted octanol–water partition coefficient (Wildman–Crippen LogP) is 2.80. The molecule has 0 aliphatic carbocycles. The molecule has 0 fully saturated rings. The smallest absolute Gasteiger partial charge is 0.271 e. The topological polar surface area (TPSA) is 106 Å². The Morgan fingerprint density at radius 1 is 1.30 bits per heavy atom. The molecule has 0 atom stereocenters. The van der Waals surface area contributed by atoms with Crippen molar-refractivity contribution in [3.8, 4) is 17.2 Å². The number of nitrogens with two attached hydrogens (primary N) is 1. The summed E-state index contributed by atoms with van der Waals surface area (Å²) in [4.78, 5) is 12.1. The largest absolute Gasteiger partial charge is 0.506 e. The number of phenolic OH excluding ortho intramolecular Hbond substituents is 1. The summed E-state index contributed by atoms with van der Waals surface area (Å²) in [5.41, 5.74) is 9.64. The number of phenols is 1. The van der Waals surface area contributed by atoms with Crippen LogP contribution < -0.4 is 20.6 Å². The molecular formula is C19H20ClN3O4. The first kappa shape index (κ1) is 20.3. The summed E-state index contributed by atoms with van der Waals surface area (Å²) in [6.45, 7) is 0.384. The number of halogens is 1. The number of hydrogen-bond donors (Lipinski definition) is 3. The van der Waals surface area contributed by atoms with Crippen molar-refractivity contribution in [2.45, 2.75) is 0 Å². The van der Waals surface area contributed by atoms with Crippen LogP contribution in [0.25, 0.3) is 6.08 Å². The highest BCUT2D eigenvalue weighted by molar-refractivity contribution is 6.32. The molecule has 0 aliphatic heterocycles. The number of carbonyl (C=O) groups excluding carboxylic acids is 1. The van der Waals surface area contributed by atoms with Gasteiger partial charge in [0.25, 0.3) is 5.91 Å². The van der Waals surface area contributed by atoms with E-state index >= 15 is 0 Å². The minimum atomic E-state index is -0.461. The Bertz CT molecular complexity index is 881. The van der Waals surface area contributed by atoms with E-state index in [0.717, 1.165) is 5.56 Å². The van der Waals surface area contributed by atoms with Gasteiger partial charge in [-0.25, -0.2) is 5.43 Å². The first-order valence-corrected chi connectivity index (χ1v) is 8.32. The summed E-state index contributed by atoms with van der Waals surface area (Å²) >= 11 is 5.80. The average Bonchev–Trinajstić information content (AvgIpc) is 2.67. The first-order chi connectivity index (χ1) is 13.0. The highest BCUT2D eigenvalue weighted by Gasteiger charge is 2.10. The van der Waals surface area contributed by atoms with Crippen LogP contribution in [0.4, 0.5) is 0 Å². The highest BCUT2D eigenvalue weighted by atomic mass is 35.5. The van der Waals surface area contributed by atoms with Crippen LogP contribution in [-0.2, 0) is 0 Å². The van der Waals surface area contributed by atoms with Crippen LogP contribution in [0.2, 0.25) is 5.02 Å². The average molecular weight is 390 g/mol. The number of aromatic hydroxyl groups is 1. The van der Waals surface area contributed by atoms with Gasteiger partial charge in [-0.15, -0.1) is 0 Å². The fraction of sp³-hybridized carbons (Fsp3) is 0.158. The maximum absolute atomic E-state index is 12.1. The van der Waals surface area contributed by atoms with Crippen LogP contribution in [0, 0.1) is 0 Å². The Labute approximate surface area is 162 Å². The summed E-state index contributed by atoms with van der Waals surface area (Å²) < 4.78 is 10.7. The molecule has 0 aliphatic rings. The lowest BCUT2D eigenvalue weighted by atomic mass is 10.1. The van der Waals surface area contributed by atoms with E-state index in [4.69, 9.17) is 26.8 Å². The fourth-order valence-corrected chi connectivity index (χ4v) is 2.47. The molecule has 2 aromatic rings. The number of nitrogens with one attached hydrogen (secondary N) is 1. The maximum atomic E-state index is 12.1. The van der Waals surface area contributed by atoms with E-state index in [1.54, 1.807) is 19.3 Å². The molecule has 0 bridgehead atoms. The number of methoxy groups -OCH3 is 2. The zero-order chi connectivity index (χ0) is 19.8. The lowest BCUT2D eigenvalue weighted by Crippen LogP contribution is -2.17. The van der Waals surface area contributed by atoms with Crippen LogP contribution >= 0.6 is 11.6 Å². The summed E-state index contributed by atoms with van der Waals surface area (Å²) in [6.07, 6.45) is 5.08. The van der Waals surface area contributed by atoms with Crippen LogP contribution in [0.5, 0.6) is 17.2 Å². The summed E-state index contributed by atoms with van der Waals surface area (Å²) in [6, 6.07) is 7.68. The lowest BCUT2D eigenvalue weighted by Gasteiger charge is -2.11. The minimum Gasteiger partial charge on any atom is -0.506 e. The third-order valence-corrected chi connectivity index (χ3v) is 3.86. The van der Waals surface area contributed by atoms with Crippen LogP contribution in [0.15, 0.2) is 41.5 Å². The molecule has 0 radical (unpaired) electrons. The molecule has 27 heavy (non-hydrogen) atoms. The standard InChI is InChI=1S/C19H20ClN3O4/c1-26-17-9-12(8-13(4-3-7-21)18(17)27-2)11-22-23-19(25)14-5-6-16(24)15(20)10-14/h3-6,8-11,24H,7,21H2,1-2H3,(H,23,25). The Morgan fingerprint density at radius 2 is 2.07 bits per heavy atom. The van der Waals surface area contributed by atoms with Gasteiger partial charge in [0.05, 0.1) is 25.5 Å². The number of carbonyl (C=O) groups is 1. The Hall–Kier alpha value is -3.03. The van der Waals surface area contributed by atoms with E-state index < -0.39 is 5.91 Å². The van der Waals surface area contributed by atoms with E-state index in [-0.39, 0.29) is 16.3 Å². The van der Waals surface area contributed by atoms with E-state index in [1.165, 1.54) is 31.5 Å². The molecule has 0 aromatic heterocycles. The molecule has 2 rings (SSSR count). The van der Waals surface area contributed by atoms with Gasteiger partial charge in [0.1, 0.15) is 5.75 Å². The zero-order valence-corrected chi connectivity index (χ0v) is 15.7. The molecule has 0 saturated heterocycles. The second kappa shape index (κ2) is 9.61. The molecule has 4 N–H and O–H groups in total. The molecule has 1 amide bonds. The number of ether oxygens (including phenoxy) is 2. The lowest BCUT2D eigenvalue weighted by molar-refractivity contribution is 0.0955. The third kappa shape index (κ3) is 5.22. The van der Waals surface area contributed by atoms with Crippen molar-refractivity contribution < 1.29 is 19.4 Å². The number of benzene rings is 2. The first-order valence-electron chi connectivity index (χ1n) is 7.94. The van der Waals surface area contributed by atoms with Gasteiger partial charge in [-0.05, 0) is 35.9 Å². The SMILES string of the molecule is COc1cc(C=NNC(=O)c2ccc(O)c(Cl)c2)cc(C=CCN)c1OC. The fourth-order valence-electron chi connectivity index (χ4n) is 2.29. The summed E-state index contributed by atoms with van der Waals surface area (Å²) in [5, 5.41) is 13.4. The van der Waals surface area contributed by atoms with Gasteiger partial charge in [0.15, 0.2) is 11.5 Å². The van der Waals surface area contributed by atoms with Crippen molar-refractivity contribution in [2.24, 2.45) is 10.8 Å². The summed E-state index contributed by atoms with van der Waals surface area (Å²) in [7, 11) is 3.08. The van der Waals surface area contributed by atoms with Gasteiger partial charge >= 0.3 is 0 Å². The van der Waals surface area contributed by atoms with Crippen molar-refractivity contribution in [1.82, 2.24) is 5.43 Å². The van der Waals surface area contributed by atoms with E-state index in [2.05, 4.69) is 10.5 Å². The Kier molecular flexibility index (Phi) is 7.22. The minimum absolute atomic E-state index is 0.0860. The molecule has 0 unspecified atom stereocenters. The van der Waals surface area contributed by atoms with Gasteiger partial charge < -0.3 is 20.3 Å². The monoisotopic (exact) mass is 389 g/mol. The van der Waals surface area contributed by atoms with Gasteiger partial charge in [-0.1, -0.05) is 23.8 Å². The third-order valence-electron chi connectivity index (χ3n) is 3.55. The van der Waals surface area contributed by atoms with E-state index in [0.29, 0.717) is 23.6 Å². The zero-order valence-electron chi connectivity index (χ0n) is 14.9.